The van der Waals surface area contributed by atoms with Gasteiger partial charge in [0.25, 0.3) is 0 Å². The first-order valence-corrected chi connectivity index (χ1v) is 7.06. The molecular formula is C15H24ClN3O2. The molecule has 2 atom stereocenters. The Kier molecular flexibility index (Phi) is 7.11. The summed E-state index contributed by atoms with van der Waals surface area (Å²) in [5.74, 6) is -0.168. The Balaban J connectivity index is 0.00000220. The van der Waals surface area contributed by atoms with Crippen molar-refractivity contribution in [2.75, 3.05) is 31.6 Å². The maximum atomic E-state index is 11.5. The second-order valence-corrected chi connectivity index (χ2v) is 5.22. The molecular weight excluding hydrogens is 290 g/mol. The number of morpholine rings is 1. The van der Waals surface area contributed by atoms with Gasteiger partial charge in [-0.2, -0.15) is 0 Å². The molecule has 0 saturated carbocycles. The molecule has 0 aliphatic carbocycles. The number of nitrogens with zero attached hydrogens (tertiary/aromatic N) is 1. The molecule has 0 spiro atoms. The number of halogens is 1. The number of benzene rings is 1. The number of nitrogens with two attached hydrogens (primary N) is 1. The van der Waals surface area contributed by atoms with E-state index in [1.807, 2.05) is 12.1 Å². The summed E-state index contributed by atoms with van der Waals surface area (Å²) in [6.07, 6.45) is 0. The van der Waals surface area contributed by atoms with Crippen LogP contribution in [0.4, 0.5) is 5.69 Å². The highest BCUT2D eigenvalue weighted by molar-refractivity contribution is 5.94. The van der Waals surface area contributed by atoms with Crippen LogP contribution in [0.5, 0.6) is 0 Å². The molecule has 0 aromatic heterocycles. The van der Waals surface area contributed by atoms with E-state index in [1.165, 1.54) is 5.56 Å². The minimum atomic E-state index is -0.498. The van der Waals surface area contributed by atoms with Crippen LogP contribution in [0.25, 0.3) is 0 Å². The van der Waals surface area contributed by atoms with Gasteiger partial charge in [0.15, 0.2) is 0 Å². The maximum Gasteiger partial charge on any atom is 0.240 e. The Bertz CT molecular complexity index is 445. The van der Waals surface area contributed by atoms with Crippen molar-refractivity contribution in [1.82, 2.24) is 4.90 Å². The number of hydrogen-bond acceptors (Lipinski definition) is 4. The fourth-order valence-corrected chi connectivity index (χ4v) is 2.28. The highest BCUT2D eigenvalue weighted by Crippen LogP contribution is 2.22. The van der Waals surface area contributed by atoms with E-state index in [-0.39, 0.29) is 18.3 Å². The molecule has 1 aliphatic rings. The maximum absolute atomic E-state index is 11.5. The van der Waals surface area contributed by atoms with Crippen molar-refractivity contribution in [1.29, 1.82) is 0 Å². The second kappa shape index (κ2) is 8.34. The van der Waals surface area contributed by atoms with E-state index >= 15 is 0 Å². The molecule has 1 aromatic rings. The highest BCUT2D eigenvalue weighted by atomic mass is 35.5. The number of carbonyl (C=O) groups is 1. The third kappa shape index (κ3) is 4.97. The molecule has 118 valence electrons. The summed E-state index contributed by atoms with van der Waals surface area (Å²) in [5, 5.41) is 2.79. The molecule has 2 unspecified atom stereocenters. The van der Waals surface area contributed by atoms with Gasteiger partial charge in [-0.3, -0.25) is 9.69 Å². The van der Waals surface area contributed by atoms with Crippen LogP contribution in [0.15, 0.2) is 24.3 Å². The number of hydrogen-bond donors (Lipinski definition) is 2. The van der Waals surface area contributed by atoms with E-state index in [9.17, 15) is 4.79 Å². The molecule has 3 N–H and O–H groups in total. The van der Waals surface area contributed by atoms with Gasteiger partial charge < -0.3 is 15.8 Å². The van der Waals surface area contributed by atoms with E-state index in [0.717, 1.165) is 32.0 Å². The summed E-state index contributed by atoms with van der Waals surface area (Å²) < 4.78 is 5.37. The van der Waals surface area contributed by atoms with Crippen LogP contribution in [0, 0.1) is 0 Å². The molecule has 0 bridgehead atoms. The van der Waals surface area contributed by atoms with Crippen molar-refractivity contribution in [2.45, 2.75) is 25.9 Å². The quantitative estimate of drug-likeness (QED) is 0.889. The SMILES string of the molecule is CC(N)C(=O)Nc1ccc(C(C)N2CCOCC2)cc1.Cl. The Morgan fingerprint density at radius 3 is 2.33 bits per heavy atom. The summed E-state index contributed by atoms with van der Waals surface area (Å²) in [5.41, 5.74) is 7.55. The molecule has 1 aliphatic heterocycles. The Hall–Kier alpha value is -1.14. The zero-order valence-electron chi connectivity index (χ0n) is 12.5. The van der Waals surface area contributed by atoms with Crippen LogP contribution < -0.4 is 11.1 Å². The van der Waals surface area contributed by atoms with Crippen molar-refractivity contribution in [2.24, 2.45) is 5.73 Å². The van der Waals surface area contributed by atoms with Crippen LogP contribution in [0.1, 0.15) is 25.5 Å². The Labute approximate surface area is 132 Å². The largest absolute Gasteiger partial charge is 0.379 e. The molecule has 1 amide bonds. The molecule has 5 nitrogen and oxygen atoms in total. The van der Waals surface area contributed by atoms with Gasteiger partial charge >= 0.3 is 0 Å². The fourth-order valence-electron chi connectivity index (χ4n) is 2.28. The lowest BCUT2D eigenvalue weighted by Gasteiger charge is -2.32. The van der Waals surface area contributed by atoms with E-state index in [0.29, 0.717) is 6.04 Å². The van der Waals surface area contributed by atoms with E-state index in [2.05, 4.69) is 29.3 Å². The predicted molar refractivity (Wildman–Crippen MR) is 86.8 cm³/mol. The van der Waals surface area contributed by atoms with Gasteiger partial charge in [-0.25, -0.2) is 0 Å². The average molecular weight is 314 g/mol. The van der Waals surface area contributed by atoms with Crippen LogP contribution in [0.2, 0.25) is 0 Å². The molecule has 1 aromatic carbocycles. The van der Waals surface area contributed by atoms with Crippen molar-refractivity contribution in [3.8, 4) is 0 Å². The van der Waals surface area contributed by atoms with Crippen molar-refractivity contribution in [3.63, 3.8) is 0 Å². The van der Waals surface area contributed by atoms with E-state index < -0.39 is 6.04 Å². The first-order chi connectivity index (χ1) is 9.58. The van der Waals surface area contributed by atoms with E-state index in [4.69, 9.17) is 10.5 Å². The van der Waals surface area contributed by atoms with Gasteiger partial charge in [0, 0.05) is 24.8 Å². The zero-order chi connectivity index (χ0) is 14.5. The lowest BCUT2D eigenvalue weighted by Crippen LogP contribution is -2.38. The smallest absolute Gasteiger partial charge is 0.240 e. The third-order valence-electron chi connectivity index (χ3n) is 3.67. The monoisotopic (exact) mass is 313 g/mol. The average Bonchev–Trinajstić information content (AvgIpc) is 2.48. The normalized spacial score (nSPS) is 18.4. The summed E-state index contributed by atoms with van der Waals surface area (Å²) >= 11 is 0. The summed E-state index contributed by atoms with van der Waals surface area (Å²) in [6.45, 7) is 7.39. The minimum absolute atomic E-state index is 0. The van der Waals surface area contributed by atoms with Gasteiger partial charge in [0.1, 0.15) is 0 Å². The van der Waals surface area contributed by atoms with Crippen LogP contribution in [-0.4, -0.2) is 43.2 Å². The highest BCUT2D eigenvalue weighted by Gasteiger charge is 2.18. The van der Waals surface area contributed by atoms with Crippen LogP contribution in [-0.2, 0) is 9.53 Å². The van der Waals surface area contributed by atoms with E-state index in [1.54, 1.807) is 6.92 Å². The predicted octanol–water partition coefficient (Wildman–Crippen LogP) is 1.79. The van der Waals surface area contributed by atoms with Gasteiger partial charge in [-0.1, -0.05) is 12.1 Å². The first kappa shape index (κ1) is 17.9. The van der Waals surface area contributed by atoms with Crippen molar-refractivity contribution >= 4 is 24.0 Å². The minimum Gasteiger partial charge on any atom is -0.379 e. The number of carbonyl (C=O) groups excluding carboxylic acids is 1. The molecule has 6 heteroatoms. The van der Waals surface area contributed by atoms with Gasteiger partial charge in [0.2, 0.25) is 5.91 Å². The standard InChI is InChI=1S/C15H23N3O2.ClH/c1-11(16)15(19)17-14-5-3-13(4-6-14)12(2)18-7-9-20-10-8-18;/h3-6,11-12H,7-10,16H2,1-2H3,(H,17,19);1H. The number of anilines is 1. The lowest BCUT2D eigenvalue weighted by molar-refractivity contribution is -0.117. The number of ether oxygens (including phenoxy) is 1. The fraction of sp³-hybridized carbons (Fsp3) is 0.533. The van der Waals surface area contributed by atoms with Gasteiger partial charge in [-0.05, 0) is 31.5 Å². The van der Waals surface area contributed by atoms with Gasteiger partial charge in [0.05, 0.1) is 19.3 Å². The van der Waals surface area contributed by atoms with Crippen molar-refractivity contribution in [3.05, 3.63) is 29.8 Å². The lowest BCUT2D eigenvalue weighted by atomic mass is 10.1. The molecule has 0 radical (unpaired) electrons. The Morgan fingerprint density at radius 2 is 1.81 bits per heavy atom. The molecule has 1 fully saturated rings. The second-order valence-electron chi connectivity index (χ2n) is 5.22. The van der Waals surface area contributed by atoms with Crippen molar-refractivity contribution < 1.29 is 9.53 Å². The third-order valence-corrected chi connectivity index (χ3v) is 3.67. The number of nitrogens with one attached hydrogen (secondary N) is 1. The number of rotatable bonds is 4. The molecule has 1 saturated heterocycles. The van der Waals surface area contributed by atoms with Crippen LogP contribution in [0.3, 0.4) is 0 Å². The number of amides is 1. The molecule has 1 heterocycles. The Morgan fingerprint density at radius 1 is 1.24 bits per heavy atom. The summed E-state index contributed by atoms with van der Waals surface area (Å²) in [4.78, 5) is 13.9. The van der Waals surface area contributed by atoms with Crippen LogP contribution >= 0.6 is 12.4 Å². The van der Waals surface area contributed by atoms with Gasteiger partial charge in [-0.15, -0.1) is 12.4 Å². The summed E-state index contributed by atoms with van der Waals surface area (Å²) in [7, 11) is 0. The molecule has 2 rings (SSSR count). The topological polar surface area (TPSA) is 67.6 Å². The zero-order valence-corrected chi connectivity index (χ0v) is 13.4. The summed E-state index contributed by atoms with van der Waals surface area (Å²) in [6, 6.07) is 7.81. The first-order valence-electron chi connectivity index (χ1n) is 7.06. The molecule has 21 heavy (non-hydrogen) atoms.